The first-order valence-electron chi connectivity index (χ1n) is 6.70. The Balaban J connectivity index is 2.42. The second-order valence-electron chi connectivity index (χ2n) is 5.93. The molecule has 112 valence electrons. The maximum atomic E-state index is 11.5. The minimum absolute atomic E-state index is 0.0476. The molecule has 0 aliphatic carbocycles. The lowest BCUT2D eigenvalue weighted by atomic mass is 10.2. The third-order valence-corrected chi connectivity index (χ3v) is 2.56. The van der Waals surface area contributed by atoms with Crippen LogP contribution in [0.15, 0.2) is 18.2 Å². The highest BCUT2D eigenvalue weighted by Crippen LogP contribution is 2.20. The lowest BCUT2D eigenvalue weighted by Crippen LogP contribution is -2.38. The van der Waals surface area contributed by atoms with E-state index in [1.807, 2.05) is 40.7 Å². The molecule has 0 aliphatic rings. The van der Waals surface area contributed by atoms with E-state index < -0.39 is 11.7 Å². The molecule has 1 atom stereocenters. The minimum Gasteiger partial charge on any atom is -0.508 e. The maximum Gasteiger partial charge on any atom is 0.407 e. The Labute approximate surface area is 120 Å². The number of anilines is 1. The number of benzene rings is 1. The molecule has 1 unspecified atom stereocenters. The van der Waals surface area contributed by atoms with Crippen LogP contribution >= 0.6 is 0 Å². The summed E-state index contributed by atoms with van der Waals surface area (Å²) in [5.41, 5.74) is 1.22. The smallest absolute Gasteiger partial charge is 0.407 e. The molecule has 1 aromatic rings. The number of aromatic hydroxyl groups is 1. The Morgan fingerprint density at radius 3 is 2.60 bits per heavy atom. The first-order chi connectivity index (χ1) is 9.17. The van der Waals surface area contributed by atoms with Gasteiger partial charge in [0.25, 0.3) is 0 Å². The Morgan fingerprint density at radius 2 is 2.05 bits per heavy atom. The third kappa shape index (κ3) is 5.82. The monoisotopic (exact) mass is 280 g/mol. The molecule has 1 rings (SSSR count). The van der Waals surface area contributed by atoms with Gasteiger partial charge in [-0.3, -0.25) is 0 Å². The van der Waals surface area contributed by atoms with Gasteiger partial charge in [-0.2, -0.15) is 0 Å². The van der Waals surface area contributed by atoms with E-state index in [-0.39, 0.29) is 11.8 Å². The molecule has 0 radical (unpaired) electrons. The quantitative estimate of drug-likeness (QED) is 0.741. The summed E-state index contributed by atoms with van der Waals surface area (Å²) in [5, 5.41) is 15.4. The molecule has 1 aromatic carbocycles. The van der Waals surface area contributed by atoms with Gasteiger partial charge in [0.1, 0.15) is 11.4 Å². The summed E-state index contributed by atoms with van der Waals surface area (Å²) in [6, 6.07) is 5.35. The Hall–Kier alpha value is -1.91. The van der Waals surface area contributed by atoms with Crippen molar-refractivity contribution in [3.63, 3.8) is 0 Å². The van der Waals surface area contributed by atoms with Crippen molar-refractivity contribution < 1.29 is 14.6 Å². The average molecular weight is 280 g/mol. The molecular weight excluding hydrogens is 256 g/mol. The fourth-order valence-electron chi connectivity index (χ4n) is 1.63. The number of amides is 1. The largest absolute Gasteiger partial charge is 0.508 e. The van der Waals surface area contributed by atoms with Gasteiger partial charge in [-0.25, -0.2) is 4.79 Å². The lowest BCUT2D eigenvalue weighted by molar-refractivity contribution is 0.0526. The number of hydrogen-bond donors (Lipinski definition) is 3. The predicted octanol–water partition coefficient (Wildman–Crippen LogP) is 3.03. The van der Waals surface area contributed by atoms with E-state index in [1.54, 1.807) is 12.1 Å². The first-order valence-corrected chi connectivity index (χ1v) is 6.70. The highest BCUT2D eigenvalue weighted by molar-refractivity contribution is 5.67. The number of alkyl carbamates (subject to hydrolysis) is 1. The Kier molecular flexibility index (Phi) is 5.25. The number of aryl methyl sites for hydroxylation is 1. The number of phenols is 1. The number of rotatable bonds is 4. The van der Waals surface area contributed by atoms with Gasteiger partial charge in [0, 0.05) is 18.3 Å². The van der Waals surface area contributed by atoms with Crippen molar-refractivity contribution in [1.82, 2.24) is 5.32 Å². The predicted molar refractivity (Wildman–Crippen MR) is 80.2 cm³/mol. The van der Waals surface area contributed by atoms with Crippen LogP contribution in [0.1, 0.15) is 33.3 Å². The van der Waals surface area contributed by atoms with Crippen LogP contribution in [0.25, 0.3) is 0 Å². The molecule has 0 saturated heterocycles. The maximum absolute atomic E-state index is 11.5. The first kappa shape index (κ1) is 16.1. The van der Waals surface area contributed by atoms with Crippen LogP contribution in [0.3, 0.4) is 0 Å². The van der Waals surface area contributed by atoms with E-state index >= 15 is 0 Å². The molecule has 0 spiro atoms. The van der Waals surface area contributed by atoms with Crippen LogP contribution < -0.4 is 10.6 Å². The van der Waals surface area contributed by atoms with Crippen molar-refractivity contribution in [3.05, 3.63) is 23.8 Å². The van der Waals surface area contributed by atoms with Crippen LogP contribution in [0, 0.1) is 6.92 Å². The number of carbonyl (C=O) groups is 1. The molecular formula is C15H24N2O3. The van der Waals surface area contributed by atoms with Gasteiger partial charge in [0.05, 0.1) is 0 Å². The fourth-order valence-corrected chi connectivity index (χ4v) is 1.63. The van der Waals surface area contributed by atoms with Gasteiger partial charge in [0.15, 0.2) is 0 Å². The van der Waals surface area contributed by atoms with E-state index in [9.17, 15) is 9.90 Å². The third-order valence-electron chi connectivity index (χ3n) is 2.56. The zero-order chi connectivity index (χ0) is 15.3. The van der Waals surface area contributed by atoms with E-state index in [1.165, 1.54) is 0 Å². The van der Waals surface area contributed by atoms with Crippen molar-refractivity contribution in [1.29, 1.82) is 0 Å². The molecule has 0 aromatic heterocycles. The highest BCUT2D eigenvalue weighted by Gasteiger charge is 2.16. The molecule has 5 heteroatoms. The fraction of sp³-hybridized carbons (Fsp3) is 0.533. The van der Waals surface area contributed by atoms with Crippen molar-refractivity contribution in [2.45, 2.75) is 46.3 Å². The molecule has 5 nitrogen and oxygen atoms in total. The summed E-state index contributed by atoms with van der Waals surface area (Å²) in [4.78, 5) is 11.5. The zero-order valence-electron chi connectivity index (χ0n) is 12.8. The Morgan fingerprint density at radius 1 is 1.40 bits per heavy atom. The summed E-state index contributed by atoms with van der Waals surface area (Å²) in [7, 11) is 0. The van der Waals surface area contributed by atoms with E-state index in [0.717, 1.165) is 11.3 Å². The summed E-state index contributed by atoms with van der Waals surface area (Å²) in [6.45, 7) is 9.73. The van der Waals surface area contributed by atoms with Gasteiger partial charge in [0.2, 0.25) is 0 Å². The van der Waals surface area contributed by atoms with Gasteiger partial charge in [-0.1, -0.05) is 0 Å². The molecule has 1 amide bonds. The lowest BCUT2D eigenvalue weighted by Gasteiger charge is -2.21. The zero-order valence-corrected chi connectivity index (χ0v) is 12.8. The number of ether oxygens (including phenoxy) is 1. The second-order valence-corrected chi connectivity index (χ2v) is 5.93. The standard InChI is InChI=1S/C15H24N2O3/c1-10-8-12(6-7-13(10)18)17-11(2)9-16-14(19)20-15(3,4)5/h6-8,11,17-18H,9H2,1-5H3,(H,16,19). The van der Waals surface area contributed by atoms with Crippen molar-refractivity contribution >= 4 is 11.8 Å². The van der Waals surface area contributed by atoms with E-state index in [4.69, 9.17) is 4.74 Å². The molecule has 0 fully saturated rings. The van der Waals surface area contributed by atoms with Crippen molar-refractivity contribution in [3.8, 4) is 5.75 Å². The summed E-state index contributed by atoms with van der Waals surface area (Å²) in [5.74, 6) is 0.273. The average Bonchev–Trinajstić information content (AvgIpc) is 2.29. The molecule has 20 heavy (non-hydrogen) atoms. The SMILES string of the molecule is Cc1cc(NC(C)CNC(=O)OC(C)(C)C)ccc1O. The van der Waals surface area contributed by atoms with Crippen LogP contribution in [-0.2, 0) is 4.74 Å². The van der Waals surface area contributed by atoms with Crippen LogP contribution in [0.2, 0.25) is 0 Å². The molecule has 3 N–H and O–H groups in total. The minimum atomic E-state index is -0.491. The Bertz CT molecular complexity index is 467. The van der Waals surface area contributed by atoms with Gasteiger partial charge in [-0.15, -0.1) is 0 Å². The van der Waals surface area contributed by atoms with Crippen molar-refractivity contribution in [2.75, 3.05) is 11.9 Å². The van der Waals surface area contributed by atoms with Crippen LogP contribution in [-0.4, -0.2) is 29.4 Å². The highest BCUT2D eigenvalue weighted by atomic mass is 16.6. The topological polar surface area (TPSA) is 70.6 Å². The molecule has 0 bridgehead atoms. The summed E-state index contributed by atoms with van der Waals surface area (Å²) in [6.07, 6.45) is -0.423. The normalized spacial score (nSPS) is 12.7. The van der Waals surface area contributed by atoms with Gasteiger partial charge in [-0.05, 0) is 58.4 Å². The summed E-state index contributed by atoms with van der Waals surface area (Å²) >= 11 is 0. The second kappa shape index (κ2) is 6.50. The summed E-state index contributed by atoms with van der Waals surface area (Å²) < 4.78 is 5.16. The molecule has 0 aliphatic heterocycles. The van der Waals surface area contributed by atoms with Gasteiger partial charge >= 0.3 is 6.09 Å². The molecule has 0 heterocycles. The number of phenolic OH excluding ortho intramolecular Hbond substituents is 1. The van der Waals surface area contributed by atoms with Crippen LogP contribution in [0.5, 0.6) is 5.75 Å². The number of nitrogens with one attached hydrogen (secondary N) is 2. The van der Waals surface area contributed by atoms with E-state index in [0.29, 0.717) is 6.54 Å². The number of carbonyl (C=O) groups excluding carboxylic acids is 1. The van der Waals surface area contributed by atoms with Gasteiger partial charge < -0.3 is 20.5 Å². The molecule has 0 saturated carbocycles. The van der Waals surface area contributed by atoms with Crippen LogP contribution in [0.4, 0.5) is 10.5 Å². The number of hydrogen-bond acceptors (Lipinski definition) is 4. The van der Waals surface area contributed by atoms with E-state index in [2.05, 4.69) is 10.6 Å². The van der Waals surface area contributed by atoms with Crippen molar-refractivity contribution in [2.24, 2.45) is 0 Å².